The fourth-order valence-corrected chi connectivity index (χ4v) is 4.00. The van der Waals surface area contributed by atoms with E-state index < -0.39 is 0 Å². The number of carbonyl (C=O) groups is 1. The van der Waals surface area contributed by atoms with Crippen molar-refractivity contribution in [1.29, 1.82) is 0 Å². The van der Waals surface area contributed by atoms with Crippen LogP contribution in [0.4, 0.5) is 0 Å². The van der Waals surface area contributed by atoms with Crippen molar-refractivity contribution in [2.24, 2.45) is 0 Å². The van der Waals surface area contributed by atoms with E-state index in [2.05, 4.69) is 19.2 Å². The van der Waals surface area contributed by atoms with Gasteiger partial charge in [-0.15, -0.1) is 0 Å². The number of hydrogen-bond donors (Lipinski definition) is 1. The second-order valence-corrected chi connectivity index (χ2v) is 8.96. The lowest BCUT2D eigenvalue weighted by atomic mass is 10.0. The van der Waals surface area contributed by atoms with Gasteiger partial charge in [0.1, 0.15) is 23.3 Å². The molecule has 1 aromatic heterocycles. The molecule has 0 saturated heterocycles. The monoisotopic (exact) mass is 517 g/mol. The predicted molar refractivity (Wildman–Crippen MR) is 145 cm³/mol. The molecule has 0 spiro atoms. The van der Waals surface area contributed by atoms with Crippen molar-refractivity contribution in [3.8, 4) is 28.7 Å². The Balaban J connectivity index is 1.34. The first kappa shape index (κ1) is 26.6. The minimum Gasteiger partial charge on any atom is -0.493 e. The Bertz CT molecular complexity index is 1480. The molecule has 4 rings (SSSR count). The Hall–Kier alpha value is -4.46. The number of hydrogen-bond acceptors (Lipinski definition) is 7. The number of methoxy groups -OCH3 is 2. The summed E-state index contributed by atoms with van der Waals surface area (Å²) in [7, 11) is 3.17. The fraction of sp³-hybridized carbons (Fsp3) is 0.267. The molecule has 3 aromatic carbocycles. The van der Waals surface area contributed by atoms with Crippen molar-refractivity contribution >= 4 is 16.9 Å². The summed E-state index contributed by atoms with van der Waals surface area (Å²) >= 11 is 0. The molecule has 0 bridgehead atoms. The summed E-state index contributed by atoms with van der Waals surface area (Å²) < 4.78 is 27.7. The van der Waals surface area contributed by atoms with Crippen LogP contribution in [0.1, 0.15) is 30.9 Å². The molecule has 38 heavy (non-hydrogen) atoms. The van der Waals surface area contributed by atoms with Gasteiger partial charge in [0.2, 0.25) is 11.2 Å². The first-order chi connectivity index (χ1) is 18.4. The molecule has 0 aliphatic heterocycles. The SMILES string of the molecule is COc1ccc(CCNC(=O)COc2ccc3c(=O)c(Oc4ccccc4C(C)C)coc3c2)cc1OC. The van der Waals surface area contributed by atoms with E-state index in [1.807, 2.05) is 42.5 Å². The van der Waals surface area contributed by atoms with Crippen LogP contribution in [0.25, 0.3) is 11.0 Å². The van der Waals surface area contributed by atoms with E-state index in [9.17, 15) is 9.59 Å². The lowest BCUT2D eigenvalue weighted by molar-refractivity contribution is -0.123. The van der Waals surface area contributed by atoms with Gasteiger partial charge in [-0.05, 0) is 53.8 Å². The number of para-hydroxylation sites is 1. The summed E-state index contributed by atoms with van der Waals surface area (Å²) in [5.41, 5.74) is 2.05. The average Bonchev–Trinajstić information content (AvgIpc) is 2.93. The van der Waals surface area contributed by atoms with E-state index in [0.717, 1.165) is 11.1 Å². The molecule has 0 aliphatic carbocycles. The van der Waals surface area contributed by atoms with E-state index in [1.54, 1.807) is 32.4 Å². The second kappa shape index (κ2) is 12.2. The van der Waals surface area contributed by atoms with Crippen LogP contribution in [0.5, 0.6) is 28.7 Å². The van der Waals surface area contributed by atoms with Crippen LogP contribution < -0.4 is 29.7 Å². The van der Waals surface area contributed by atoms with Gasteiger partial charge in [0.15, 0.2) is 18.1 Å². The van der Waals surface area contributed by atoms with Crippen LogP contribution in [0, 0.1) is 0 Å². The maximum absolute atomic E-state index is 13.0. The van der Waals surface area contributed by atoms with E-state index in [1.165, 1.54) is 6.26 Å². The molecule has 0 atom stereocenters. The van der Waals surface area contributed by atoms with Gasteiger partial charge >= 0.3 is 0 Å². The van der Waals surface area contributed by atoms with Gasteiger partial charge in [0, 0.05) is 12.6 Å². The summed E-state index contributed by atoms with van der Waals surface area (Å²) in [5, 5.41) is 3.19. The number of ether oxygens (including phenoxy) is 4. The Labute approximate surface area is 221 Å². The van der Waals surface area contributed by atoms with Crippen LogP contribution in [0.15, 0.2) is 76.1 Å². The van der Waals surface area contributed by atoms with Crippen molar-refractivity contribution in [1.82, 2.24) is 5.32 Å². The van der Waals surface area contributed by atoms with Gasteiger partial charge in [0.25, 0.3) is 5.91 Å². The Morgan fingerprint density at radius 3 is 2.47 bits per heavy atom. The van der Waals surface area contributed by atoms with Crippen molar-refractivity contribution < 1.29 is 28.2 Å². The number of rotatable bonds is 11. The maximum atomic E-state index is 13.0. The van der Waals surface area contributed by atoms with Crippen LogP contribution in [-0.4, -0.2) is 33.3 Å². The highest BCUT2D eigenvalue weighted by Gasteiger charge is 2.14. The summed E-state index contributed by atoms with van der Waals surface area (Å²) in [6, 6.07) is 18.0. The highest BCUT2D eigenvalue weighted by molar-refractivity contribution is 5.80. The predicted octanol–water partition coefficient (Wildman–Crippen LogP) is 5.46. The van der Waals surface area contributed by atoms with E-state index in [4.69, 9.17) is 23.4 Å². The molecule has 1 heterocycles. The van der Waals surface area contributed by atoms with Gasteiger partial charge in [-0.25, -0.2) is 0 Å². The van der Waals surface area contributed by atoms with Crippen molar-refractivity contribution in [3.63, 3.8) is 0 Å². The van der Waals surface area contributed by atoms with Crippen LogP contribution in [0.3, 0.4) is 0 Å². The first-order valence-electron chi connectivity index (χ1n) is 12.3. The van der Waals surface area contributed by atoms with Gasteiger partial charge in [-0.2, -0.15) is 0 Å². The summed E-state index contributed by atoms with van der Waals surface area (Å²) in [6.45, 7) is 4.39. The van der Waals surface area contributed by atoms with E-state index >= 15 is 0 Å². The zero-order valence-corrected chi connectivity index (χ0v) is 21.9. The number of fused-ring (bicyclic) bond motifs is 1. The van der Waals surface area contributed by atoms with Crippen molar-refractivity contribution in [2.75, 3.05) is 27.4 Å². The van der Waals surface area contributed by atoms with Crippen molar-refractivity contribution in [3.05, 3.63) is 88.3 Å². The summed E-state index contributed by atoms with van der Waals surface area (Å²) in [4.78, 5) is 25.3. The molecule has 4 aromatic rings. The zero-order valence-electron chi connectivity index (χ0n) is 21.9. The second-order valence-electron chi connectivity index (χ2n) is 8.96. The summed E-state index contributed by atoms with van der Waals surface area (Å²) in [6.07, 6.45) is 1.92. The molecule has 1 amide bonds. The molecule has 0 saturated carbocycles. The molecular formula is C30H31NO7. The molecular weight excluding hydrogens is 486 g/mol. The van der Waals surface area contributed by atoms with Crippen LogP contribution in [0.2, 0.25) is 0 Å². The quantitative estimate of drug-likeness (QED) is 0.282. The third-order valence-electron chi connectivity index (χ3n) is 6.03. The molecule has 0 radical (unpaired) electrons. The largest absolute Gasteiger partial charge is 0.493 e. The minimum atomic E-state index is -0.288. The highest BCUT2D eigenvalue weighted by Crippen LogP contribution is 2.30. The molecule has 8 nitrogen and oxygen atoms in total. The topological polar surface area (TPSA) is 96.2 Å². The lowest BCUT2D eigenvalue weighted by Crippen LogP contribution is -2.30. The Morgan fingerprint density at radius 2 is 1.71 bits per heavy atom. The Morgan fingerprint density at radius 1 is 0.921 bits per heavy atom. The zero-order chi connectivity index (χ0) is 27.1. The first-order valence-corrected chi connectivity index (χ1v) is 12.3. The highest BCUT2D eigenvalue weighted by atomic mass is 16.5. The molecule has 0 fully saturated rings. The van der Waals surface area contributed by atoms with E-state index in [0.29, 0.717) is 46.9 Å². The standard InChI is InChI=1S/C30H31NO7/c1-19(2)22-7-5-6-8-24(22)38-28-17-37-26-16-21(10-11-23(26)30(28)33)36-18-29(32)31-14-13-20-9-12-25(34-3)27(15-20)35-4/h5-12,15-17,19H,13-14,18H2,1-4H3,(H,31,32). The lowest BCUT2D eigenvalue weighted by Gasteiger charge is -2.13. The molecule has 0 aliphatic rings. The van der Waals surface area contributed by atoms with E-state index in [-0.39, 0.29) is 29.6 Å². The van der Waals surface area contributed by atoms with Gasteiger partial charge in [-0.3, -0.25) is 9.59 Å². The molecule has 8 heteroatoms. The number of carbonyl (C=O) groups excluding carboxylic acids is 1. The summed E-state index contributed by atoms with van der Waals surface area (Å²) in [5.74, 6) is 2.40. The average molecular weight is 518 g/mol. The van der Waals surface area contributed by atoms with Gasteiger partial charge in [0.05, 0.1) is 19.6 Å². The third kappa shape index (κ3) is 6.26. The normalized spacial score (nSPS) is 10.9. The van der Waals surface area contributed by atoms with Crippen LogP contribution in [-0.2, 0) is 11.2 Å². The molecule has 0 unspecified atom stereocenters. The van der Waals surface area contributed by atoms with Gasteiger partial charge < -0.3 is 28.7 Å². The minimum absolute atomic E-state index is 0.105. The Kier molecular flexibility index (Phi) is 8.53. The van der Waals surface area contributed by atoms with Crippen molar-refractivity contribution in [2.45, 2.75) is 26.2 Å². The van der Waals surface area contributed by atoms with Crippen LogP contribution >= 0.6 is 0 Å². The fourth-order valence-electron chi connectivity index (χ4n) is 4.00. The van der Waals surface area contributed by atoms with Gasteiger partial charge in [-0.1, -0.05) is 38.1 Å². The number of benzene rings is 3. The molecule has 198 valence electrons. The number of nitrogens with one attached hydrogen (secondary N) is 1. The number of amides is 1. The molecule has 1 N–H and O–H groups in total. The maximum Gasteiger partial charge on any atom is 0.257 e. The smallest absolute Gasteiger partial charge is 0.257 e. The third-order valence-corrected chi connectivity index (χ3v) is 6.03.